The minimum atomic E-state index is -0.739. The number of halogens is 1. The molecule has 4 nitrogen and oxygen atoms in total. The van der Waals surface area contributed by atoms with Gasteiger partial charge >= 0.3 is 5.97 Å². The van der Waals surface area contributed by atoms with Gasteiger partial charge in [-0.05, 0) is 53.2 Å². The molecule has 1 fully saturated rings. The van der Waals surface area contributed by atoms with Crippen molar-refractivity contribution < 1.29 is 14.7 Å². The summed E-state index contributed by atoms with van der Waals surface area (Å²) in [6, 6.07) is 7.44. The van der Waals surface area contributed by atoms with Crippen molar-refractivity contribution in [1.29, 1.82) is 0 Å². The van der Waals surface area contributed by atoms with Crippen LogP contribution >= 0.6 is 15.9 Å². The normalized spacial score (nSPS) is 16.1. The molecular formula is C15H18BrNO3. The first-order valence-corrected chi connectivity index (χ1v) is 7.63. The number of carboxylic acids is 1. The predicted molar refractivity (Wildman–Crippen MR) is 79.6 cm³/mol. The topological polar surface area (TPSA) is 57.6 Å². The van der Waals surface area contributed by atoms with E-state index in [0.29, 0.717) is 31.0 Å². The minimum absolute atomic E-state index is 0.0501. The molecule has 0 radical (unpaired) electrons. The summed E-state index contributed by atoms with van der Waals surface area (Å²) in [6.07, 6.45) is 2.72. The molecule has 1 aromatic rings. The Hall–Kier alpha value is -1.36. The highest BCUT2D eigenvalue weighted by Gasteiger charge is 2.24. The summed E-state index contributed by atoms with van der Waals surface area (Å²) in [5.41, 5.74) is 0.691. The van der Waals surface area contributed by atoms with Gasteiger partial charge in [0, 0.05) is 24.0 Å². The van der Waals surface area contributed by atoms with Gasteiger partial charge in [0.2, 0.25) is 0 Å². The number of piperidine rings is 1. The maximum Gasteiger partial charge on any atom is 0.303 e. The van der Waals surface area contributed by atoms with Gasteiger partial charge in [0.1, 0.15) is 0 Å². The molecule has 1 aliphatic heterocycles. The van der Waals surface area contributed by atoms with Crippen LogP contribution in [0, 0.1) is 5.92 Å². The number of amides is 1. The van der Waals surface area contributed by atoms with Crippen LogP contribution in [0.4, 0.5) is 0 Å². The minimum Gasteiger partial charge on any atom is -0.481 e. The highest BCUT2D eigenvalue weighted by molar-refractivity contribution is 9.10. The van der Waals surface area contributed by atoms with E-state index in [0.717, 1.165) is 17.3 Å². The van der Waals surface area contributed by atoms with Gasteiger partial charge in [0.25, 0.3) is 5.91 Å². The van der Waals surface area contributed by atoms with Crippen molar-refractivity contribution in [2.75, 3.05) is 13.1 Å². The number of aliphatic carboxylic acids is 1. The fourth-order valence-electron chi connectivity index (χ4n) is 2.56. The smallest absolute Gasteiger partial charge is 0.303 e. The molecule has 0 atom stereocenters. The molecule has 0 bridgehead atoms. The average molecular weight is 340 g/mol. The monoisotopic (exact) mass is 339 g/mol. The van der Waals surface area contributed by atoms with Gasteiger partial charge in [-0.2, -0.15) is 0 Å². The van der Waals surface area contributed by atoms with Crippen LogP contribution in [0.5, 0.6) is 0 Å². The Morgan fingerprint density at radius 3 is 2.50 bits per heavy atom. The molecular weight excluding hydrogens is 322 g/mol. The van der Waals surface area contributed by atoms with Gasteiger partial charge in [-0.25, -0.2) is 0 Å². The van der Waals surface area contributed by atoms with Crippen molar-refractivity contribution >= 4 is 27.8 Å². The number of hydrogen-bond acceptors (Lipinski definition) is 2. The molecule has 108 valence electrons. The molecule has 1 aromatic carbocycles. The third-order valence-electron chi connectivity index (χ3n) is 3.77. The second kappa shape index (κ2) is 6.88. The third-order valence-corrected chi connectivity index (χ3v) is 4.46. The van der Waals surface area contributed by atoms with E-state index in [9.17, 15) is 9.59 Å². The fraction of sp³-hybridized carbons (Fsp3) is 0.467. The number of carbonyl (C=O) groups excluding carboxylic acids is 1. The molecule has 1 N–H and O–H groups in total. The molecule has 5 heteroatoms. The zero-order valence-electron chi connectivity index (χ0n) is 11.2. The van der Waals surface area contributed by atoms with Gasteiger partial charge in [-0.1, -0.05) is 12.1 Å². The maximum atomic E-state index is 12.4. The lowest BCUT2D eigenvalue weighted by Gasteiger charge is -2.32. The summed E-state index contributed by atoms with van der Waals surface area (Å²) < 4.78 is 0.818. The summed E-state index contributed by atoms with van der Waals surface area (Å²) in [4.78, 5) is 24.8. The Morgan fingerprint density at radius 1 is 1.25 bits per heavy atom. The molecule has 2 rings (SSSR count). The lowest BCUT2D eigenvalue weighted by atomic mass is 9.92. The second-order valence-corrected chi connectivity index (χ2v) is 6.00. The van der Waals surface area contributed by atoms with Gasteiger partial charge in [0.15, 0.2) is 0 Å². The molecule has 20 heavy (non-hydrogen) atoms. The number of likely N-dealkylation sites (tertiary alicyclic amines) is 1. The molecule has 1 heterocycles. The standard InChI is InChI=1S/C15H18BrNO3/c16-13-4-2-1-3-12(13)15(20)17-9-7-11(8-10-17)5-6-14(18)19/h1-4,11H,5-10H2,(H,18,19). The molecule has 1 saturated heterocycles. The van der Waals surface area contributed by atoms with Gasteiger partial charge in [0.05, 0.1) is 5.56 Å². The van der Waals surface area contributed by atoms with E-state index < -0.39 is 5.97 Å². The van der Waals surface area contributed by atoms with Crippen LogP contribution in [-0.4, -0.2) is 35.0 Å². The van der Waals surface area contributed by atoms with E-state index in [1.54, 1.807) is 0 Å². The van der Waals surface area contributed by atoms with E-state index in [2.05, 4.69) is 15.9 Å². The summed E-state index contributed by atoms with van der Waals surface area (Å²) in [5, 5.41) is 8.69. The Kier molecular flexibility index (Phi) is 5.17. The molecule has 0 aromatic heterocycles. The molecule has 1 aliphatic rings. The van der Waals surface area contributed by atoms with Crippen LogP contribution in [0.15, 0.2) is 28.7 Å². The predicted octanol–water partition coefficient (Wildman–Crippen LogP) is 3.17. The number of carboxylic acid groups (broad SMARTS) is 1. The van der Waals surface area contributed by atoms with Gasteiger partial charge in [-0.3, -0.25) is 9.59 Å². The highest BCUT2D eigenvalue weighted by atomic mass is 79.9. The van der Waals surface area contributed by atoms with E-state index in [1.807, 2.05) is 29.2 Å². The van der Waals surface area contributed by atoms with Crippen LogP contribution in [0.3, 0.4) is 0 Å². The fourth-order valence-corrected chi connectivity index (χ4v) is 3.01. The van der Waals surface area contributed by atoms with E-state index in [-0.39, 0.29) is 12.3 Å². The first-order valence-electron chi connectivity index (χ1n) is 6.83. The third kappa shape index (κ3) is 3.82. The molecule has 0 saturated carbocycles. The number of carbonyl (C=O) groups is 2. The van der Waals surface area contributed by atoms with Crippen molar-refractivity contribution in [1.82, 2.24) is 4.90 Å². The second-order valence-electron chi connectivity index (χ2n) is 5.15. The van der Waals surface area contributed by atoms with E-state index >= 15 is 0 Å². The summed E-state index contributed by atoms with van der Waals surface area (Å²) >= 11 is 3.40. The van der Waals surface area contributed by atoms with E-state index in [1.165, 1.54) is 0 Å². The molecule has 0 aliphatic carbocycles. The zero-order chi connectivity index (χ0) is 14.5. The lowest BCUT2D eigenvalue weighted by molar-refractivity contribution is -0.137. The summed E-state index contributed by atoms with van der Waals surface area (Å²) in [5.74, 6) is -0.264. The van der Waals surface area contributed by atoms with Crippen LogP contribution in [-0.2, 0) is 4.79 Å². The van der Waals surface area contributed by atoms with Crippen LogP contribution < -0.4 is 0 Å². The molecule has 0 unspecified atom stereocenters. The quantitative estimate of drug-likeness (QED) is 0.916. The van der Waals surface area contributed by atoms with Crippen LogP contribution in [0.25, 0.3) is 0 Å². The van der Waals surface area contributed by atoms with Crippen LogP contribution in [0.1, 0.15) is 36.0 Å². The Bertz CT molecular complexity index is 496. The highest BCUT2D eigenvalue weighted by Crippen LogP contribution is 2.25. The Morgan fingerprint density at radius 2 is 1.90 bits per heavy atom. The van der Waals surface area contributed by atoms with Gasteiger partial charge < -0.3 is 10.0 Å². The van der Waals surface area contributed by atoms with Crippen molar-refractivity contribution in [2.45, 2.75) is 25.7 Å². The number of hydrogen-bond donors (Lipinski definition) is 1. The zero-order valence-corrected chi connectivity index (χ0v) is 12.8. The molecule has 1 amide bonds. The number of rotatable bonds is 4. The summed E-state index contributed by atoms with van der Waals surface area (Å²) in [7, 11) is 0. The SMILES string of the molecule is O=C(O)CCC1CCN(C(=O)c2ccccc2Br)CC1. The van der Waals surface area contributed by atoms with E-state index in [4.69, 9.17) is 5.11 Å². The maximum absolute atomic E-state index is 12.4. The first kappa shape index (κ1) is 15.0. The van der Waals surface area contributed by atoms with Gasteiger partial charge in [-0.15, -0.1) is 0 Å². The Labute approximate surface area is 126 Å². The largest absolute Gasteiger partial charge is 0.481 e. The van der Waals surface area contributed by atoms with Crippen molar-refractivity contribution in [3.05, 3.63) is 34.3 Å². The first-order chi connectivity index (χ1) is 9.58. The number of benzene rings is 1. The van der Waals surface area contributed by atoms with Crippen molar-refractivity contribution in [2.24, 2.45) is 5.92 Å². The van der Waals surface area contributed by atoms with Crippen LogP contribution in [0.2, 0.25) is 0 Å². The summed E-state index contributed by atoms with van der Waals surface area (Å²) in [6.45, 7) is 1.43. The van der Waals surface area contributed by atoms with Crippen molar-refractivity contribution in [3.63, 3.8) is 0 Å². The molecule has 0 spiro atoms. The van der Waals surface area contributed by atoms with Crippen molar-refractivity contribution in [3.8, 4) is 0 Å². The number of nitrogens with zero attached hydrogens (tertiary/aromatic N) is 1. The lowest BCUT2D eigenvalue weighted by Crippen LogP contribution is -2.38. The average Bonchev–Trinajstić information content (AvgIpc) is 2.45. The Balaban J connectivity index is 1.89.